The summed E-state index contributed by atoms with van der Waals surface area (Å²) in [5.74, 6) is -2.27. The summed E-state index contributed by atoms with van der Waals surface area (Å²) in [6.45, 7) is 1.22. The van der Waals surface area contributed by atoms with Crippen molar-refractivity contribution in [1.29, 1.82) is 5.26 Å². The zero-order valence-electron chi connectivity index (χ0n) is 8.23. The summed E-state index contributed by atoms with van der Waals surface area (Å²) in [6, 6.07) is 10.4. The Morgan fingerprint density at radius 3 is 2.40 bits per heavy atom. The van der Waals surface area contributed by atoms with E-state index in [0.717, 1.165) is 0 Å². The zero-order chi connectivity index (χ0) is 11.3. The molecule has 0 heterocycles. The summed E-state index contributed by atoms with van der Waals surface area (Å²) in [5.41, 5.74) is 0.573. The summed E-state index contributed by atoms with van der Waals surface area (Å²) in [4.78, 5) is 22.4. The summed E-state index contributed by atoms with van der Waals surface area (Å²) >= 11 is 0. The molecule has 1 aromatic rings. The van der Waals surface area contributed by atoms with Crippen molar-refractivity contribution in [2.75, 3.05) is 5.32 Å². The van der Waals surface area contributed by atoms with Gasteiger partial charge < -0.3 is 5.32 Å². The summed E-state index contributed by atoms with van der Waals surface area (Å²) in [6.07, 6.45) is 0. The number of rotatable bonds is 3. The molecule has 1 amide bonds. The normalized spacial score (nSPS) is 11.2. The second-order valence-electron chi connectivity index (χ2n) is 3.03. The van der Waals surface area contributed by atoms with Gasteiger partial charge in [0.25, 0.3) is 0 Å². The van der Waals surface area contributed by atoms with E-state index in [1.54, 1.807) is 30.3 Å². The molecule has 1 rings (SSSR count). The number of hydrogen-bond donors (Lipinski definition) is 1. The van der Waals surface area contributed by atoms with Gasteiger partial charge in [-0.2, -0.15) is 5.26 Å². The number of Topliss-reactive ketones (excluding diaryl/α,β-unsaturated/α-hetero) is 1. The highest BCUT2D eigenvalue weighted by molar-refractivity contribution is 6.08. The molecule has 4 heteroatoms. The quantitative estimate of drug-likeness (QED) is 0.752. The minimum atomic E-state index is -1.23. The highest BCUT2D eigenvalue weighted by atomic mass is 16.2. The van der Waals surface area contributed by atoms with Crippen LogP contribution in [0.15, 0.2) is 30.3 Å². The summed E-state index contributed by atoms with van der Waals surface area (Å²) < 4.78 is 0. The molecule has 0 radical (unpaired) electrons. The molecule has 0 aliphatic carbocycles. The van der Waals surface area contributed by atoms with Gasteiger partial charge in [-0.1, -0.05) is 18.2 Å². The molecular formula is C11H10N2O2. The molecule has 0 aromatic heterocycles. The Morgan fingerprint density at radius 2 is 1.93 bits per heavy atom. The molecule has 0 saturated heterocycles. The SMILES string of the molecule is CC(=O)C(C#N)C(=O)Nc1ccccc1. The first kappa shape index (κ1) is 10.9. The van der Waals surface area contributed by atoms with Gasteiger partial charge in [0.05, 0.1) is 6.07 Å². The number of nitrogens with one attached hydrogen (secondary N) is 1. The lowest BCUT2D eigenvalue weighted by Gasteiger charge is -2.06. The molecule has 1 atom stereocenters. The molecule has 1 N–H and O–H groups in total. The molecule has 4 nitrogen and oxygen atoms in total. The maximum Gasteiger partial charge on any atom is 0.249 e. The number of hydrogen-bond acceptors (Lipinski definition) is 3. The Bertz CT molecular complexity index is 406. The third-order valence-corrected chi connectivity index (χ3v) is 1.84. The molecule has 0 spiro atoms. The highest BCUT2D eigenvalue weighted by Crippen LogP contribution is 2.07. The van der Waals surface area contributed by atoms with Crippen LogP contribution in [0.25, 0.3) is 0 Å². The van der Waals surface area contributed by atoms with E-state index in [4.69, 9.17) is 5.26 Å². The van der Waals surface area contributed by atoms with Crippen LogP contribution in [0.5, 0.6) is 0 Å². The largest absolute Gasteiger partial charge is 0.325 e. The number of carbonyl (C=O) groups excluding carboxylic acids is 2. The molecule has 0 saturated carbocycles. The average molecular weight is 202 g/mol. The first-order valence-electron chi connectivity index (χ1n) is 4.41. The summed E-state index contributed by atoms with van der Waals surface area (Å²) in [7, 11) is 0. The second kappa shape index (κ2) is 4.91. The van der Waals surface area contributed by atoms with Crippen molar-refractivity contribution in [3.63, 3.8) is 0 Å². The maximum atomic E-state index is 11.4. The monoisotopic (exact) mass is 202 g/mol. The molecule has 15 heavy (non-hydrogen) atoms. The highest BCUT2D eigenvalue weighted by Gasteiger charge is 2.22. The standard InChI is InChI=1S/C11H10N2O2/c1-8(14)10(7-12)11(15)13-9-5-3-2-4-6-9/h2-6,10H,1H3,(H,13,15). The molecule has 0 bridgehead atoms. The first-order valence-corrected chi connectivity index (χ1v) is 4.41. The van der Waals surface area contributed by atoms with Gasteiger partial charge in [0.2, 0.25) is 5.91 Å². The number of carbonyl (C=O) groups is 2. The third-order valence-electron chi connectivity index (χ3n) is 1.84. The van der Waals surface area contributed by atoms with Crippen molar-refractivity contribution in [2.24, 2.45) is 5.92 Å². The van der Waals surface area contributed by atoms with Crippen molar-refractivity contribution in [3.8, 4) is 6.07 Å². The lowest BCUT2D eigenvalue weighted by Crippen LogP contribution is -2.26. The van der Waals surface area contributed by atoms with Gasteiger partial charge in [-0.3, -0.25) is 9.59 Å². The average Bonchev–Trinajstić information content (AvgIpc) is 2.19. The van der Waals surface area contributed by atoms with Crippen LogP contribution >= 0.6 is 0 Å². The minimum Gasteiger partial charge on any atom is -0.325 e. The lowest BCUT2D eigenvalue weighted by atomic mass is 10.1. The molecule has 0 fully saturated rings. The van der Waals surface area contributed by atoms with E-state index in [9.17, 15) is 9.59 Å². The molecule has 1 unspecified atom stereocenters. The van der Waals surface area contributed by atoms with Crippen LogP contribution in [0.3, 0.4) is 0 Å². The summed E-state index contributed by atoms with van der Waals surface area (Å²) in [5, 5.41) is 11.1. The topological polar surface area (TPSA) is 70.0 Å². The van der Waals surface area contributed by atoms with Crippen molar-refractivity contribution < 1.29 is 9.59 Å². The van der Waals surface area contributed by atoms with Crippen LogP contribution < -0.4 is 5.32 Å². The van der Waals surface area contributed by atoms with E-state index in [-0.39, 0.29) is 0 Å². The minimum absolute atomic E-state index is 0.453. The number of ketones is 1. The van der Waals surface area contributed by atoms with Crippen LogP contribution in [0, 0.1) is 17.2 Å². The number of benzene rings is 1. The van der Waals surface area contributed by atoms with Crippen molar-refractivity contribution in [3.05, 3.63) is 30.3 Å². The Morgan fingerprint density at radius 1 is 1.33 bits per heavy atom. The van der Waals surface area contributed by atoms with Crippen LogP contribution in [-0.2, 0) is 9.59 Å². The van der Waals surface area contributed by atoms with Gasteiger partial charge in [-0.25, -0.2) is 0 Å². The van der Waals surface area contributed by atoms with Crippen LogP contribution in [0.2, 0.25) is 0 Å². The van der Waals surface area contributed by atoms with E-state index in [1.807, 2.05) is 6.07 Å². The predicted molar refractivity (Wildman–Crippen MR) is 54.9 cm³/mol. The van der Waals surface area contributed by atoms with E-state index in [1.165, 1.54) is 6.92 Å². The number of para-hydroxylation sites is 1. The van der Waals surface area contributed by atoms with Gasteiger partial charge >= 0.3 is 0 Å². The second-order valence-corrected chi connectivity index (χ2v) is 3.03. The van der Waals surface area contributed by atoms with Gasteiger partial charge in [0.1, 0.15) is 0 Å². The van der Waals surface area contributed by atoms with E-state index < -0.39 is 17.6 Å². The first-order chi connectivity index (χ1) is 7.15. The van der Waals surface area contributed by atoms with E-state index in [0.29, 0.717) is 5.69 Å². The van der Waals surface area contributed by atoms with Gasteiger partial charge in [0.15, 0.2) is 11.7 Å². The Balaban J connectivity index is 2.72. The maximum absolute atomic E-state index is 11.4. The fraction of sp³-hybridized carbons (Fsp3) is 0.182. The Labute approximate surface area is 87.5 Å². The smallest absolute Gasteiger partial charge is 0.249 e. The van der Waals surface area contributed by atoms with Gasteiger partial charge in [-0.05, 0) is 19.1 Å². The molecule has 0 aliphatic rings. The zero-order valence-corrected chi connectivity index (χ0v) is 8.23. The van der Waals surface area contributed by atoms with Crippen LogP contribution in [0.1, 0.15) is 6.92 Å². The fourth-order valence-corrected chi connectivity index (χ4v) is 1.07. The van der Waals surface area contributed by atoms with Crippen LogP contribution in [0.4, 0.5) is 5.69 Å². The molecule has 76 valence electrons. The third kappa shape index (κ3) is 2.92. The molecule has 0 aliphatic heterocycles. The molecule has 1 aromatic carbocycles. The Hall–Kier alpha value is -2.15. The Kier molecular flexibility index (Phi) is 3.58. The number of nitrogens with zero attached hydrogens (tertiary/aromatic N) is 1. The van der Waals surface area contributed by atoms with E-state index in [2.05, 4.69) is 5.32 Å². The van der Waals surface area contributed by atoms with Crippen LogP contribution in [-0.4, -0.2) is 11.7 Å². The van der Waals surface area contributed by atoms with Crippen molar-refractivity contribution in [2.45, 2.75) is 6.92 Å². The number of nitriles is 1. The number of anilines is 1. The predicted octanol–water partition coefficient (Wildman–Crippen LogP) is 1.35. The van der Waals surface area contributed by atoms with Gasteiger partial charge in [-0.15, -0.1) is 0 Å². The number of amides is 1. The lowest BCUT2D eigenvalue weighted by molar-refractivity contribution is -0.127. The van der Waals surface area contributed by atoms with Crippen molar-refractivity contribution in [1.82, 2.24) is 0 Å². The van der Waals surface area contributed by atoms with Crippen molar-refractivity contribution >= 4 is 17.4 Å². The fourth-order valence-electron chi connectivity index (χ4n) is 1.07. The molecular weight excluding hydrogens is 192 g/mol. The van der Waals surface area contributed by atoms with E-state index >= 15 is 0 Å². The van der Waals surface area contributed by atoms with Gasteiger partial charge in [0, 0.05) is 5.69 Å².